The number of aromatic nitrogens is 2. The van der Waals surface area contributed by atoms with E-state index < -0.39 is 11.4 Å². The third-order valence-corrected chi connectivity index (χ3v) is 5.73. The standard InChI is InChI=1S/C16H19ClN2O2/c1-15(2)10(6-7-16(15,3)14(20)21)13-18-11-5-4-9(17)8-12(11)19-13/h4-5,8,10H,6-7H2,1-3H3,(H,18,19)(H,20,21)/t10-,16-/m0/s1. The summed E-state index contributed by atoms with van der Waals surface area (Å²) in [5, 5.41) is 10.3. The van der Waals surface area contributed by atoms with Crippen LogP contribution in [0.3, 0.4) is 0 Å². The quantitative estimate of drug-likeness (QED) is 0.873. The molecule has 0 radical (unpaired) electrons. The van der Waals surface area contributed by atoms with Gasteiger partial charge in [0.05, 0.1) is 16.4 Å². The van der Waals surface area contributed by atoms with Gasteiger partial charge in [0, 0.05) is 10.9 Å². The van der Waals surface area contributed by atoms with Crippen LogP contribution in [0.25, 0.3) is 11.0 Å². The summed E-state index contributed by atoms with van der Waals surface area (Å²) in [6.45, 7) is 5.90. The molecule has 1 aliphatic rings. The van der Waals surface area contributed by atoms with Gasteiger partial charge in [0.15, 0.2) is 0 Å². The highest BCUT2D eigenvalue weighted by atomic mass is 35.5. The minimum absolute atomic E-state index is 0.102. The predicted molar refractivity (Wildman–Crippen MR) is 82.6 cm³/mol. The van der Waals surface area contributed by atoms with Crippen molar-refractivity contribution < 1.29 is 9.90 Å². The third kappa shape index (κ3) is 1.96. The van der Waals surface area contributed by atoms with E-state index in [0.29, 0.717) is 11.4 Å². The van der Waals surface area contributed by atoms with E-state index in [9.17, 15) is 9.90 Å². The fraction of sp³-hybridized carbons (Fsp3) is 0.500. The number of aromatic amines is 1. The zero-order valence-electron chi connectivity index (χ0n) is 12.4. The number of rotatable bonds is 2. The molecule has 1 fully saturated rings. The van der Waals surface area contributed by atoms with Gasteiger partial charge in [-0.15, -0.1) is 0 Å². The van der Waals surface area contributed by atoms with E-state index in [1.807, 2.05) is 39.0 Å². The molecule has 0 unspecified atom stereocenters. The molecule has 21 heavy (non-hydrogen) atoms. The predicted octanol–water partition coefficient (Wildman–Crippen LogP) is 4.21. The highest BCUT2D eigenvalue weighted by Gasteiger charge is 2.57. The van der Waals surface area contributed by atoms with Crippen LogP contribution in [0.4, 0.5) is 0 Å². The SMILES string of the molecule is CC1(C)[C@H](c2nc3ccc(Cl)cc3[nH]2)CC[C@@]1(C)C(=O)O. The molecule has 2 N–H and O–H groups in total. The van der Waals surface area contributed by atoms with Gasteiger partial charge < -0.3 is 10.1 Å². The van der Waals surface area contributed by atoms with Crippen molar-refractivity contribution in [1.29, 1.82) is 0 Å². The summed E-state index contributed by atoms with van der Waals surface area (Å²) in [7, 11) is 0. The monoisotopic (exact) mass is 306 g/mol. The van der Waals surface area contributed by atoms with Crippen molar-refractivity contribution in [2.45, 2.75) is 39.5 Å². The Bertz CT molecular complexity index is 722. The number of nitrogens with zero attached hydrogens (tertiary/aromatic N) is 1. The van der Waals surface area contributed by atoms with Crippen molar-refractivity contribution in [3.05, 3.63) is 29.0 Å². The topological polar surface area (TPSA) is 66.0 Å². The fourth-order valence-electron chi connectivity index (χ4n) is 3.53. The van der Waals surface area contributed by atoms with Gasteiger partial charge in [-0.2, -0.15) is 0 Å². The Hall–Kier alpha value is -1.55. The molecule has 4 nitrogen and oxygen atoms in total. The van der Waals surface area contributed by atoms with Crippen LogP contribution in [-0.4, -0.2) is 21.0 Å². The molecule has 2 atom stereocenters. The van der Waals surface area contributed by atoms with Crippen molar-refractivity contribution in [2.75, 3.05) is 0 Å². The van der Waals surface area contributed by atoms with Crippen LogP contribution in [0.2, 0.25) is 5.02 Å². The number of aliphatic carboxylic acids is 1. The Morgan fingerprint density at radius 3 is 2.76 bits per heavy atom. The highest BCUT2D eigenvalue weighted by molar-refractivity contribution is 6.31. The van der Waals surface area contributed by atoms with Gasteiger partial charge in [0.1, 0.15) is 5.82 Å². The van der Waals surface area contributed by atoms with Crippen molar-refractivity contribution in [1.82, 2.24) is 9.97 Å². The first-order valence-electron chi connectivity index (χ1n) is 7.14. The molecule has 1 saturated carbocycles. The number of hydrogen-bond donors (Lipinski definition) is 2. The first kappa shape index (κ1) is 14.4. The van der Waals surface area contributed by atoms with Crippen LogP contribution in [-0.2, 0) is 4.79 Å². The number of imidazole rings is 1. The number of carboxylic acids is 1. The lowest BCUT2D eigenvalue weighted by molar-refractivity contribution is -0.153. The Labute approximate surface area is 128 Å². The van der Waals surface area contributed by atoms with Crippen molar-refractivity contribution in [2.24, 2.45) is 10.8 Å². The number of H-pyrrole nitrogens is 1. The number of carboxylic acid groups (broad SMARTS) is 1. The number of fused-ring (bicyclic) bond motifs is 1. The van der Waals surface area contributed by atoms with Gasteiger partial charge in [-0.25, -0.2) is 4.98 Å². The number of halogens is 1. The average Bonchev–Trinajstić information content (AvgIpc) is 2.89. The van der Waals surface area contributed by atoms with Crippen LogP contribution in [0.1, 0.15) is 45.4 Å². The Kier molecular flexibility index (Phi) is 3.06. The number of nitrogens with one attached hydrogen (secondary N) is 1. The van der Waals surface area contributed by atoms with Crippen molar-refractivity contribution in [3.63, 3.8) is 0 Å². The molecule has 112 valence electrons. The molecule has 0 spiro atoms. The van der Waals surface area contributed by atoms with Gasteiger partial charge in [-0.1, -0.05) is 25.4 Å². The normalized spacial score (nSPS) is 28.1. The Balaban J connectivity index is 2.05. The molecule has 0 saturated heterocycles. The van der Waals surface area contributed by atoms with Gasteiger partial charge >= 0.3 is 5.97 Å². The highest BCUT2D eigenvalue weighted by Crippen LogP contribution is 2.59. The zero-order chi connectivity index (χ0) is 15.4. The molecule has 1 aromatic heterocycles. The summed E-state index contributed by atoms with van der Waals surface area (Å²) < 4.78 is 0. The maximum Gasteiger partial charge on any atom is 0.309 e. The largest absolute Gasteiger partial charge is 0.481 e. The van der Waals surface area contributed by atoms with Gasteiger partial charge in [0.25, 0.3) is 0 Å². The molecule has 2 aromatic rings. The van der Waals surface area contributed by atoms with Crippen LogP contribution in [0, 0.1) is 10.8 Å². The minimum Gasteiger partial charge on any atom is -0.481 e. The summed E-state index contributed by atoms with van der Waals surface area (Å²) in [6.07, 6.45) is 1.49. The summed E-state index contributed by atoms with van der Waals surface area (Å²) in [6, 6.07) is 5.55. The maximum atomic E-state index is 11.7. The molecule has 1 aliphatic carbocycles. The number of hydrogen-bond acceptors (Lipinski definition) is 2. The smallest absolute Gasteiger partial charge is 0.309 e. The minimum atomic E-state index is -0.728. The lowest BCUT2D eigenvalue weighted by Crippen LogP contribution is -2.40. The molecule has 5 heteroatoms. The maximum absolute atomic E-state index is 11.7. The van der Waals surface area contributed by atoms with Gasteiger partial charge in [-0.05, 0) is 43.4 Å². The van der Waals surface area contributed by atoms with E-state index in [0.717, 1.165) is 23.3 Å². The van der Waals surface area contributed by atoms with Crippen LogP contribution < -0.4 is 0 Å². The van der Waals surface area contributed by atoms with E-state index in [2.05, 4.69) is 9.97 Å². The summed E-state index contributed by atoms with van der Waals surface area (Å²) in [5.74, 6) is 0.237. The first-order chi connectivity index (χ1) is 9.75. The van der Waals surface area contributed by atoms with E-state index in [1.165, 1.54) is 0 Å². The molecule has 1 aromatic carbocycles. The number of benzene rings is 1. The molecule has 3 rings (SSSR count). The van der Waals surface area contributed by atoms with E-state index in [-0.39, 0.29) is 11.3 Å². The first-order valence-corrected chi connectivity index (χ1v) is 7.52. The second-order valence-corrected chi connectivity index (χ2v) is 7.17. The fourth-order valence-corrected chi connectivity index (χ4v) is 3.70. The molecule has 1 heterocycles. The lowest BCUT2D eigenvalue weighted by Gasteiger charge is -2.37. The second-order valence-electron chi connectivity index (χ2n) is 6.73. The van der Waals surface area contributed by atoms with E-state index in [1.54, 1.807) is 0 Å². The van der Waals surface area contributed by atoms with Crippen molar-refractivity contribution >= 4 is 28.6 Å². The van der Waals surface area contributed by atoms with E-state index in [4.69, 9.17) is 11.6 Å². The van der Waals surface area contributed by atoms with Crippen molar-refractivity contribution in [3.8, 4) is 0 Å². The zero-order valence-corrected chi connectivity index (χ0v) is 13.2. The second kappa shape index (κ2) is 4.47. The number of carbonyl (C=O) groups is 1. The molecular weight excluding hydrogens is 288 g/mol. The average molecular weight is 307 g/mol. The molecule has 0 aliphatic heterocycles. The van der Waals surface area contributed by atoms with Crippen LogP contribution in [0.15, 0.2) is 18.2 Å². The Morgan fingerprint density at radius 1 is 1.43 bits per heavy atom. The molecule has 0 amide bonds. The summed E-state index contributed by atoms with van der Waals surface area (Å²) in [4.78, 5) is 19.7. The lowest BCUT2D eigenvalue weighted by atomic mass is 9.65. The van der Waals surface area contributed by atoms with Gasteiger partial charge in [-0.3, -0.25) is 4.79 Å². The van der Waals surface area contributed by atoms with Crippen LogP contribution in [0.5, 0.6) is 0 Å². The molecule has 0 bridgehead atoms. The Morgan fingerprint density at radius 2 is 2.14 bits per heavy atom. The molecular formula is C16H19ClN2O2. The van der Waals surface area contributed by atoms with E-state index >= 15 is 0 Å². The summed E-state index contributed by atoms with van der Waals surface area (Å²) >= 11 is 6.01. The van der Waals surface area contributed by atoms with Crippen LogP contribution >= 0.6 is 11.6 Å². The third-order valence-electron chi connectivity index (χ3n) is 5.49. The van der Waals surface area contributed by atoms with Gasteiger partial charge in [0.2, 0.25) is 0 Å². The summed E-state index contributed by atoms with van der Waals surface area (Å²) in [5.41, 5.74) is 0.677.